The van der Waals surface area contributed by atoms with Crippen molar-refractivity contribution in [1.29, 1.82) is 0 Å². The van der Waals surface area contributed by atoms with Crippen LogP contribution in [0.25, 0.3) is 11.3 Å². The Labute approximate surface area is 181 Å². The number of carbonyl (C=O) groups is 2. The molecule has 2 aromatic carbocycles. The van der Waals surface area contributed by atoms with Crippen LogP contribution >= 0.6 is 11.8 Å². The number of carbonyl (C=O) groups excluding carboxylic acids is 2. The Morgan fingerprint density at radius 2 is 1.77 bits per heavy atom. The molecule has 0 saturated carbocycles. The minimum Gasteiger partial charge on any atom is -0.352 e. The maximum atomic E-state index is 12.5. The van der Waals surface area contributed by atoms with Crippen LogP contribution < -0.4 is 10.6 Å². The van der Waals surface area contributed by atoms with Crippen LogP contribution in [0.4, 0.5) is 5.69 Å². The zero-order valence-electron chi connectivity index (χ0n) is 17.4. The molecule has 0 atom stereocenters. The fraction of sp³-hybridized carbons (Fsp3) is 0.261. The molecule has 6 nitrogen and oxygen atoms in total. The van der Waals surface area contributed by atoms with Gasteiger partial charge < -0.3 is 15.2 Å². The van der Waals surface area contributed by atoms with Gasteiger partial charge in [-0.25, -0.2) is 4.98 Å². The molecular weight excluding hydrogens is 396 g/mol. The molecule has 30 heavy (non-hydrogen) atoms. The van der Waals surface area contributed by atoms with E-state index < -0.39 is 0 Å². The second-order valence-electron chi connectivity index (χ2n) is 7.34. The summed E-state index contributed by atoms with van der Waals surface area (Å²) in [6, 6.07) is 17.0. The van der Waals surface area contributed by atoms with Crippen LogP contribution in [0.3, 0.4) is 0 Å². The third-order valence-electron chi connectivity index (χ3n) is 4.46. The number of aromatic nitrogens is 2. The maximum absolute atomic E-state index is 12.5. The Morgan fingerprint density at radius 3 is 2.50 bits per heavy atom. The first-order valence-corrected chi connectivity index (χ1v) is 10.8. The van der Waals surface area contributed by atoms with Crippen molar-refractivity contribution in [3.05, 3.63) is 66.4 Å². The predicted molar refractivity (Wildman–Crippen MR) is 122 cm³/mol. The number of rotatable bonds is 8. The number of imidazole rings is 1. The van der Waals surface area contributed by atoms with Crippen LogP contribution in [0.2, 0.25) is 0 Å². The van der Waals surface area contributed by atoms with E-state index in [1.807, 2.05) is 62.0 Å². The van der Waals surface area contributed by atoms with E-state index in [9.17, 15) is 9.59 Å². The molecule has 0 aliphatic heterocycles. The number of hydrogen-bond donors (Lipinski definition) is 2. The van der Waals surface area contributed by atoms with Crippen LogP contribution in [-0.4, -0.2) is 33.7 Å². The van der Waals surface area contributed by atoms with Crippen LogP contribution in [0.1, 0.15) is 24.2 Å². The average Bonchev–Trinajstić information content (AvgIpc) is 3.12. The van der Waals surface area contributed by atoms with Gasteiger partial charge in [0.15, 0.2) is 5.16 Å². The van der Waals surface area contributed by atoms with E-state index in [4.69, 9.17) is 0 Å². The zero-order valence-corrected chi connectivity index (χ0v) is 18.2. The van der Waals surface area contributed by atoms with E-state index in [0.29, 0.717) is 23.7 Å². The Bertz CT molecular complexity index is 1020. The molecule has 3 rings (SSSR count). The summed E-state index contributed by atoms with van der Waals surface area (Å²) in [7, 11) is 1.93. The normalized spacial score (nSPS) is 10.8. The summed E-state index contributed by atoms with van der Waals surface area (Å²) in [6.45, 7) is 4.65. The summed E-state index contributed by atoms with van der Waals surface area (Å²) in [4.78, 5) is 29.4. The van der Waals surface area contributed by atoms with E-state index in [-0.39, 0.29) is 17.6 Å². The van der Waals surface area contributed by atoms with Gasteiger partial charge in [0.1, 0.15) is 0 Å². The lowest BCUT2D eigenvalue weighted by molar-refractivity contribution is -0.113. The molecule has 7 heteroatoms. The highest BCUT2D eigenvalue weighted by atomic mass is 32.2. The molecule has 2 N–H and O–H groups in total. The molecule has 0 saturated heterocycles. The monoisotopic (exact) mass is 422 g/mol. The highest BCUT2D eigenvalue weighted by Gasteiger charge is 2.15. The highest BCUT2D eigenvalue weighted by Crippen LogP contribution is 2.25. The number of thioether (sulfide) groups is 1. The summed E-state index contributed by atoms with van der Waals surface area (Å²) >= 11 is 1.36. The van der Waals surface area contributed by atoms with Gasteiger partial charge in [-0.1, -0.05) is 68.1 Å². The van der Waals surface area contributed by atoms with Crippen LogP contribution in [0.15, 0.2) is 66.0 Å². The molecule has 0 aliphatic carbocycles. The second kappa shape index (κ2) is 10.1. The number of para-hydroxylation sites is 1. The molecule has 0 radical (unpaired) electrons. The lowest BCUT2D eigenvalue weighted by Crippen LogP contribution is -2.28. The Hall–Kier alpha value is -3.06. The minimum absolute atomic E-state index is 0.187. The summed E-state index contributed by atoms with van der Waals surface area (Å²) in [5.41, 5.74) is 3.03. The summed E-state index contributed by atoms with van der Waals surface area (Å²) < 4.78 is 1.97. The molecule has 2 amide bonds. The van der Waals surface area contributed by atoms with E-state index in [1.165, 1.54) is 11.8 Å². The molecule has 3 aromatic rings. The van der Waals surface area contributed by atoms with Gasteiger partial charge in [0.25, 0.3) is 5.91 Å². The van der Waals surface area contributed by atoms with Gasteiger partial charge in [0, 0.05) is 13.6 Å². The first-order valence-electron chi connectivity index (χ1n) is 9.82. The lowest BCUT2D eigenvalue weighted by Gasteiger charge is -2.12. The van der Waals surface area contributed by atoms with Gasteiger partial charge in [-0.2, -0.15) is 0 Å². The third-order valence-corrected chi connectivity index (χ3v) is 5.51. The van der Waals surface area contributed by atoms with Crippen molar-refractivity contribution in [3.8, 4) is 11.3 Å². The fourth-order valence-corrected chi connectivity index (χ4v) is 3.65. The summed E-state index contributed by atoms with van der Waals surface area (Å²) in [5.74, 6) is 0.170. The van der Waals surface area contributed by atoms with Crippen molar-refractivity contribution in [2.75, 3.05) is 17.6 Å². The molecule has 0 fully saturated rings. The molecule has 0 unspecified atom stereocenters. The first kappa shape index (κ1) is 21.6. The van der Waals surface area contributed by atoms with Gasteiger partial charge in [-0.05, 0) is 23.6 Å². The van der Waals surface area contributed by atoms with Crippen molar-refractivity contribution in [3.63, 3.8) is 0 Å². The molecule has 0 aliphatic rings. The zero-order chi connectivity index (χ0) is 21.5. The van der Waals surface area contributed by atoms with Gasteiger partial charge >= 0.3 is 0 Å². The van der Waals surface area contributed by atoms with Crippen molar-refractivity contribution < 1.29 is 9.59 Å². The van der Waals surface area contributed by atoms with Crippen molar-refractivity contribution in [2.45, 2.75) is 19.0 Å². The van der Waals surface area contributed by atoms with Gasteiger partial charge in [-0.15, -0.1) is 0 Å². The number of hydrogen-bond acceptors (Lipinski definition) is 4. The smallest absolute Gasteiger partial charge is 0.253 e. The van der Waals surface area contributed by atoms with Gasteiger partial charge in [-0.3, -0.25) is 9.59 Å². The molecular formula is C23H26N4O2S. The topological polar surface area (TPSA) is 76.0 Å². The Balaban J connectivity index is 1.62. The number of nitrogens with zero attached hydrogens (tertiary/aromatic N) is 2. The first-order chi connectivity index (χ1) is 14.5. The van der Waals surface area contributed by atoms with Gasteiger partial charge in [0.05, 0.1) is 28.9 Å². The molecule has 1 heterocycles. The van der Waals surface area contributed by atoms with Crippen LogP contribution in [0.5, 0.6) is 0 Å². The molecule has 0 spiro atoms. The number of benzene rings is 2. The quantitative estimate of drug-likeness (QED) is 0.534. The largest absolute Gasteiger partial charge is 0.352 e. The maximum Gasteiger partial charge on any atom is 0.253 e. The lowest BCUT2D eigenvalue weighted by atomic mass is 10.1. The van der Waals surface area contributed by atoms with E-state index in [1.54, 1.807) is 24.3 Å². The predicted octanol–water partition coefficient (Wildman–Crippen LogP) is 4.20. The van der Waals surface area contributed by atoms with Crippen LogP contribution in [-0.2, 0) is 11.8 Å². The third kappa shape index (κ3) is 5.51. The molecule has 0 bridgehead atoms. The standard InChI is InChI=1S/C23H26N4O2S/c1-16(2)13-24-22(29)18-11-7-8-12-19(18)26-21(28)15-30-23-25-14-20(27(23)3)17-9-5-4-6-10-17/h4-12,14,16H,13,15H2,1-3H3,(H,24,29)(H,26,28). The summed E-state index contributed by atoms with van der Waals surface area (Å²) in [6.07, 6.45) is 1.81. The number of anilines is 1. The molecule has 1 aromatic heterocycles. The van der Waals surface area contributed by atoms with E-state index in [0.717, 1.165) is 16.4 Å². The van der Waals surface area contributed by atoms with E-state index in [2.05, 4.69) is 15.6 Å². The second-order valence-corrected chi connectivity index (χ2v) is 8.28. The van der Waals surface area contributed by atoms with Crippen molar-refractivity contribution >= 4 is 29.3 Å². The Kier molecular flexibility index (Phi) is 7.30. The average molecular weight is 423 g/mol. The number of amides is 2. The van der Waals surface area contributed by atoms with Crippen LogP contribution in [0, 0.1) is 5.92 Å². The molecule has 156 valence electrons. The van der Waals surface area contributed by atoms with Crippen molar-refractivity contribution in [2.24, 2.45) is 13.0 Å². The van der Waals surface area contributed by atoms with Gasteiger partial charge in [0.2, 0.25) is 5.91 Å². The number of nitrogens with one attached hydrogen (secondary N) is 2. The highest BCUT2D eigenvalue weighted by molar-refractivity contribution is 7.99. The minimum atomic E-state index is -0.191. The SMILES string of the molecule is CC(C)CNC(=O)c1ccccc1NC(=O)CSc1ncc(-c2ccccc2)n1C. The van der Waals surface area contributed by atoms with Crippen molar-refractivity contribution in [1.82, 2.24) is 14.9 Å². The fourth-order valence-electron chi connectivity index (χ4n) is 2.90. The Morgan fingerprint density at radius 1 is 1.07 bits per heavy atom. The van der Waals surface area contributed by atoms with E-state index >= 15 is 0 Å². The summed E-state index contributed by atoms with van der Waals surface area (Å²) in [5, 5.41) is 6.49.